The van der Waals surface area contributed by atoms with E-state index in [1.54, 1.807) is 6.07 Å². The Hall–Kier alpha value is -0.780. The number of hydrogen-bond acceptors (Lipinski definition) is 3. The van der Waals surface area contributed by atoms with Gasteiger partial charge in [0.25, 0.3) is 0 Å². The van der Waals surface area contributed by atoms with Crippen LogP contribution in [0, 0.1) is 5.82 Å². The number of nitrogens with two attached hydrogens (primary N) is 1. The summed E-state index contributed by atoms with van der Waals surface area (Å²) < 4.78 is 14.0. The van der Waals surface area contributed by atoms with Crippen LogP contribution in [-0.4, -0.2) is 9.97 Å². The van der Waals surface area contributed by atoms with E-state index in [1.165, 1.54) is 6.07 Å². The minimum absolute atomic E-state index is 0.145. The third-order valence-electron chi connectivity index (χ3n) is 1.90. The Bertz CT molecular complexity index is 532. The quantitative estimate of drug-likeness (QED) is 0.878. The summed E-state index contributed by atoms with van der Waals surface area (Å²) in [7, 11) is 0. The molecule has 0 spiro atoms. The summed E-state index contributed by atoms with van der Waals surface area (Å²) in [6.45, 7) is 0.176. The largest absolute Gasteiger partial charge is 0.325 e. The minimum atomic E-state index is -0.461. The number of rotatable bonds is 1. The van der Waals surface area contributed by atoms with Gasteiger partial charge >= 0.3 is 0 Å². The second-order valence-electron chi connectivity index (χ2n) is 2.92. The van der Waals surface area contributed by atoms with Crippen LogP contribution in [0.25, 0.3) is 11.0 Å². The van der Waals surface area contributed by atoms with Gasteiger partial charge in [0, 0.05) is 11.0 Å². The summed E-state index contributed by atoms with van der Waals surface area (Å²) >= 11 is 8.96. The fraction of sp³-hybridized carbons (Fsp3) is 0.111. The summed E-state index contributed by atoms with van der Waals surface area (Å²) in [5.41, 5.74) is 6.48. The first-order valence-corrected chi connectivity index (χ1v) is 5.30. The summed E-state index contributed by atoms with van der Waals surface area (Å²) in [6.07, 6.45) is 0. The molecule has 1 heterocycles. The maximum atomic E-state index is 13.4. The van der Waals surface area contributed by atoms with Crippen molar-refractivity contribution in [1.82, 2.24) is 9.97 Å². The van der Waals surface area contributed by atoms with Gasteiger partial charge in [0.15, 0.2) is 11.0 Å². The lowest BCUT2D eigenvalue weighted by atomic mass is 10.3. The number of benzene rings is 1. The van der Waals surface area contributed by atoms with Crippen LogP contribution in [0.4, 0.5) is 4.39 Å². The van der Waals surface area contributed by atoms with Gasteiger partial charge in [-0.05, 0) is 12.1 Å². The first-order valence-electron chi connectivity index (χ1n) is 4.13. The predicted molar refractivity (Wildman–Crippen MR) is 60.1 cm³/mol. The van der Waals surface area contributed by atoms with Gasteiger partial charge in [0.2, 0.25) is 0 Å². The van der Waals surface area contributed by atoms with E-state index in [-0.39, 0.29) is 17.2 Å². The van der Waals surface area contributed by atoms with E-state index < -0.39 is 5.82 Å². The smallest absolute Gasteiger partial charge is 0.152 e. The molecule has 2 N–H and O–H groups in total. The highest BCUT2D eigenvalue weighted by Crippen LogP contribution is 2.23. The molecule has 15 heavy (non-hydrogen) atoms. The molecule has 2 aromatic rings. The van der Waals surface area contributed by atoms with E-state index in [0.29, 0.717) is 15.7 Å². The molecule has 0 fully saturated rings. The maximum Gasteiger partial charge on any atom is 0.152 e. The molecule has 0 bridgehead atoms. The molecule has 0 atom stereocenters. The van der Waals surface area contributed by atoms with Crippen molar-refractivity contribution in [3.8, 4) is 0 Å². The van der Waals surface area contributed by atoms with E-state index in [0.717, 1.165) is 0 Å². The molecule has 0 aliphatic heterocycles. The van der Waals surface area contributed by atoms with Crippen LogP contribution in [-0.2, 0) is 6.54 Å². The summed E-state index contributed by atoms with van der Waals surface area (Å²) in [5.74, 6) is -0.461. The molecule has 6 heteroatoms. The topological polar surface area (TPSA) is 51.8 Å². The van der Waals surface area contributed by atoms with Crippen molar-refractivity contribution in [2.24, 2.45) is 5.73 Å². The Labute approximate surface area is 98.6 Å². The zero-order chi connectivity index (χ0) is 11.0. The number of nitrogens with zero attached hydrogens (tertiary/aromatic N) is 2. The van der Waals surface area contributed by atoms with E-state index in [9.17, 15) is 4.39 Å². The molecule has 2 rings (SSSR count). The molecule has 3 nitrogen and oxygen atoms in total. The number of aromatic nitrogens is 2. The van der Waals surface area contributed by atoms with E-state index in [2.05, 4.69) is 25.9 Å². The zero-order valence-corrected chi connectivity index (χ0v) is 9.81. The molecular formula is C9H6BrClFN3. The van der Waals surface area contributed by atoms with Crippen molar-refractivity contribution in [2.45, 2.75) is 6.54 Å². The van der Waals surface area contributed by atoms with Gasteiger partial charge in [-0.3, -0.25) is 0 Å². The Balaban J connectivity index is 2.81. The summed E-state index contributed by atoms with van der Waals surface area (Å²) in [5, 5.41) is 0.145. The van der Waals surface area contributed by atoms with Crippen molar-refractivity contribution >= 4 is 38.6 Å². The minimum Gasteiger partial charge on any atom is -0.325 e. The number of hydrogen-bond donors (Lipinski definition) is 1. The molecule has 0 saturated heterocycles. The van der Waals surface area contributed by atoms with Gasteiger partial charge in [-0.25, -0.2) is 14.4 Å². The van der Waals surface area contributed by atoms with Gasteiger partial charge in [-0.15, -0.1) is 0 Å². The van der Waals surface area contributed by atoms with E-state index in [1.807, 2.05) is 0 Å². The normalized spacial score (nSPS) is 10.9. The van der Waals surface area contributed by atoms with Crippen molar-refractivity contribution in [2.75, 3.05) is 0 Å². The molecule has 0 amide bonds. The lowest BCUT2D eigenvalue weighted by molar-refractivity contribution is 0.635. The van der Waals surface area contributed by atoms with Crippen molar-refractivity contribution in [1.29, 1.82) is 0 Å². The third kappa shape index (κ3) is 1.95. The molecule has 0 saturated carbocycles. The van der Waals surface area contributed by atoms with E-state index >= 15 is 0 Å². The van der Waals surface area contributed by atoms with Crippen LogP contribution >= 0.6 is 27.5 Å². The van der Waals surface area contributed by atoms with Gasteiger partial charge in [-0.1, -0.05) is 27.5 Å². The Morgan fingerprint density at radius 3 is 2.80 bits per heavy atom. The Kier molecular flexibility index (Phi) is 2.86. The van der Waals surface area contributed by atoms with Crippen molar-refractivity contribution in [3.05, 3.63) is 33.3 Å². The Morgan fingerprint density at radius 2 is 2.13 bits per heavy atom. The number of fused-ring (bicyclic) bond motifs is 1. The highest BCUT2D eigenvalue weighted by atomic mass is 79.9. The SMILES string of the molecule is NCc1nc2cc(Br)cc(F)c2nc1Cl. The van der Waals surface area contributed by atoms with Gasteiger partial charge in [0.05, 0.1) is 11.2 Å². The fourth-order valence-corrected chi connectivity index (χ4v) is 1.85. The second kappa shape index (κ2) is 4.00. The van der Waals surface area contributed by atoms with E-state index in [4.69, 9.17) is 17.3 Å². The van der Waals surface area contributed by atoms with Crippen LogP contribution in [0.5, 0.6) is 0 Å². The zero-order valence-electron chi connectivity index (χ0n) is 7.47. The molecule has 1 aromatic carbocycles. The standard InChI is InChI=1S/C9H6BrClFN3/c10-4-1-5(12)8-6(2-4)14-7(3-13)9(11)15-8/h1-2H,3,13H2. The highest BCUT2D eigenvalue weighted by Gasteiger charge is 2.09. The number of halogens is 3. The first kappa shape index (κ1) is 10.7. The third-order valence-corrected chi connectivity index (χ3v) is 2.67. The lowest BCUT2D eigenvalue weighted by Crippen LogP contribution is -2.03. The van der Waals surface area contributed by atoms with Crippen LogP contribution in [0.15, 0.2) is 16.6 Å². The monoisotopic (exact) mass is 289 g/mol. The molecule has 78 valence electrons. The fourth-order valence-electron chi connectivity index (χ4n) is 1.23. The molecular weight excluding hydrogens is 284 g/mol. The van der Waals surface area contributed by atoms with Crippen molar-refractivity contribution < 1.29 is 4.39 Å². The predicted octanol–water partition coefficient (Wildman–Crippen LogP) is 2.64. The Morgan fingerprint density at radius 1 is 1.40 bits per heavy atom. The first-order chi connectivity index (χ1) is 7.11. The molecule has 0 aliphatic rings. The van der Waals surface area contributed by atoms with Gasteiger partial charge in [-0.2, -0.15) is 0 Å². The summed E-state index contributed by atoms with van der Waals surface area (Å²) in [4.78, 5) is 8.04. The van der Waals surface area contributed by atoms with Gasteiger partial charge in [0.1, 0.15) is 5.52 Å². The lowest BCUT2D eigenvalue weighted by Gasteiger charge is -2.04. The van der Waals surface area contributed by atoms with Gasteiger partial charge < -0.3 is 5.73 Å². The molecule has 1 aromatic heterocycles. The van der Waals surface area contributed by atoms with Crippen LogP contribution < -0.4 is 5.73 Å². The van der Waals surface area contributed by atoms with Crippen molar-refractivity contribution in [3.63, 3.8) is 0 Å². The average molecular weight is 291 g/mol. The molecule has 0 radical (unpaired) electrons. The average Bonchev–Trinajstić information content (AvgIpc) is 2.18. The molecule has 0 unspecified atom stereocenters. The summed E-state index contributed by atoms with van der Waals surface area (Å²) in [6, 6.07) is 2.98. The van der Waals surface area contributed by atoms with Crippen LogP contribution in [0.1, 0.15) is 5.69 Å². The highest BCUT2D eigenvalue weighted by molar-refractivity contribution is 9.10. The second-order valence-corrected chi connectivity index (χ2v) is 4.19. The molecule has 0 aliphatic carbocycles. The van der Waals surface area contributed by atoms with Crippen LogP contribution in [0.2, 0.25) is 5.15 Å². The van der Waals surface area contributed by atoms with Crippen LogP contribution in [0.3, 0.4) is 0 Å². The maximum absolute atomic E-state index is 13.4.